The number of carbonyl (C=O) groups excluding carboxylic acids is 1. The molecular formula is C8H6ClN3O2. The molecule has 1 N–H and O–H groups in total. The molecule has 1 heterocycles. The van der Waals surface area contributed by atoms with E-state index in [4.69, 9.17) is 22.8 Å². The molecule has 0 radical (unpaired) electrons. The molecule has 0 unspecified atom stereocenters. The van der Waals surface area contributed by atoms with Crippen molar-refractivity contribution in [1.82, 2.24) is 9.97 Å². The number of ether oxygens (including phenoxy) is 1. The van der Waals surface area contributed by atoms with Crippen molar-refractivity contribution in [2.45, 2.75) is 0 Å². The Labute approximate surface area is 85.5 Å². The Balaban J connectivity index is 2.93. The third-order valence-corrected chi connectivity index (χ3v) is 1.43. The minimum Gasteiger partial charge on any atom is -0.481 e. The Morgan fingerprint density at radius 3 is 3.00 bits per heavy atom. The van der Waals surface area contributed by atoms with Crippen LogP contribution in [-0.4, -0.2) is 23.0 Å². The van der Waals surface area contributed by atoms with Gasteiger partial charge in [-0.05, 0) is 5.92 Å². The molecule has 1 aromatic heterocycles. The van der Waals surface area contributed by atoms with Crippen molar-refractivity contribution < 1.29 is 9.53 Å². The predicted octanol–water partition coefficient (Wildman–Crippen LogP) is 0.710. The first kappa shape index (κ1) is 10.3. The highest BCUT2D eigenvalue weighted by molar-refractivity contribution is 6.29. The molecule has 0 bridgehead atoms. The maximum Gasteiger partial charge on any atom is 0.302 e. The van der Waals surface area contributed by atoms with Crippen LogP contribution in [-0.2, 0) is 4.79 Å². The van der Waals surface area contributed by atoms with E-state index in [1.54, 1.807) is 0 Å². The molecule has 0 saturated heterocycles. The zero-order valence-electron chi connectivity index (χ0n) is 7.24. The maximum absolute atomic E-state index is 10.8. The van der Waals surface area contributed by atoms with Crippen LogP contribution < -0.4 is 10.1 Å². The molecule has 0 fully saturated rings. The third kappa shape index (κ3) is 2.61. The van der Waals surface area contributed by atoms with E-state index in [9.17, 15) is 4.79 Å². The highest BCUT2D eigenvalue weighted by atomic mass is 35.5. The summed E-state index contributed by atoms with van der Waals surface area (Å²) >= 11 is 5.62. The SMILES string of the molecule is C#CC(=O)Nc1nc(Cl)cc(OC)n1. The molecule has 1 amide bonds. The summed E-state index contributed by atoms with van der Waals surface area (Å²) in [6, 6.07) is 1.41. The van der Waals surface area contributed by atoms with E-state index in [2.05, 4.69) is 15.3 Å². The van der Waals surface area contributed by atoms with Gasteiger partial charge in [0, 0.05) is 6.07 Å². The number of aromatic nitrogens is 2. The van der Waals surface area contributed by atoms with Crippen LogP contribution in [0.25, 0.3) is 0 Å². The number of halogens is 1. The quantitative estimate of drug-likeness (QED) is 0.578. The van der Waals surface area contributed by atoms with Crippen molar-refractivity contribution in [3.05, 3.63) is 11.2 Å². The van der Waals surface area contributed by atoms with Gasteiger partial charge in [-0.15, -0.1) is 6.42 Å². The summed E-state index contributed by atoms with van der Waals surface area (Å²) in [4.78, 5) is 18.3. The molecule has 6 heteroatoms. The average molecular weight is 212 g/mol. The van der Waals surface area contributed by atoms with Crippen molar-refractivity contribution in [3.8, 4) is 18.2 Å². The fourth-order valence-electron chi connectivity index (χ4n) is 0.695. The van der Waals surface area contributed by atoms with E-state index in [0.29, 0.717) is 0 Å². The van der Waals surface area contributed by atoms with Gasteiger partial charge < -0.3 is 4.74 Å². The summed E-state index contributed by atoms with van der Waals surface area (Å²) in [6.45, 7) is 0. The van der Waals surface area contributed by atoms with Gasteiger partial charge in [0.1, 0.15) is 5.15 Å². The van der Waals surface area contributed by atoms with Gasteiger partial charge in [0.15, 0.2) is 0 Å². The van der Waals surface area contributed by atoms with Gasteiger partial charge >= 0.3 is 5.91 Å². The topological polar surface area (TPSA) is 64.1 Å². The van der Waals surface area contributed by atoms with Crippen LogP contribution in [0.4, 0.5) is 5.95 Å². The number of nitrogens with one attached hydrogen (secondary N) is 1. The first-order chi connectivity index (χ1) is 6.65. The number of anilines is 1. The molecule has 14 heavy (non-hydrogen) atoms. The summed E-state index contributed by atoms with van der Waals surface area (Å²) in [5.41, 5.74) is 0. The van der Waals surface area contributed by atoms with Crippen molar-refractivity contribution in [1.29, 1.82) is 0 Å². The standard InChI is InChI=1S/C8H6ClN3O2/c1-3-6(13)11-8-10-5(9)4-7(12-8)14-2/h1,4H,2H3,(H,10,11,12,13). The summed E-state index contributed by atoms with van der Waals surface area (Å²) in [5.74, 6) is 1.47. The number of methoxy groups -OCH3 is 1. The Bertz CT molecular complexity index is 400. The Morgan fingerprint density at radius 1 is 1.71 bits per heavy atom. The summed E-state index contributed by atoms with van der Waals surface area (Å²) in [7, 11) is 1.42. The molecule has 0 saturated carbocycles. The van der Waals surface area contributed by atoms with Crippen LogP contribution in [0.1, 0.15) is 0 Å². The first-order valence-electron chi connectivity index (χ1n) is 3.52. The van der Waals surface area contributed by atoms with Crippen LogP contribution in [0.15, 0.2) is 6.07 Å². The van der Waals surface area contributed by atoms with Crippen molar-refractivity contribution >= 4 is 23.5 Å². The summed E-state index contributed by atoms with van der Waals surface area (Å²) < 4.78 is 4.81. The predicted molar refractivity (Wildman–Crippen MR) is 51.1 cm³/mol. The monoisotopic (exact) mass is 211 g/mol. The number of carbonyl (C=O) groups is 1. The van der Waals surface area contributed by atoms with E-state index in [0.717, 1.165) is 0 Å². The first-order valence-corrected chi connectivity index (χ1v) is 3.89. The number of amides is 1. The highest BCUT2D eigenvalue weighted by Crippen LogP contribution is 2.15. The van der Waals surface area contributed by atoms with Crippen LogP contribution in [0.2, 0.25) is 5.15 Å². The molecular weight excluding hydrogens is 206 g/mol. The molecule has 0 atom stereocenters. The largest absolute Gasteiger partial charge is 0.481 e. The van der Waals surface area contributed by atoms with Gasteiger partial charge in [0.2, 0.25) is 11.8 Å². The second kappa shape index (κ2) is 4.44. The Kier molecular flexibility index (Phi) is 3.26. The third-order valence-electron chi connectivity index (χ3n) is 1.24. The molecule has 0 aliphatic carbocycles. The molecule has 0 spiro atoms. The molecule has 1 rings (SSSR count). The van der Waals surface area contributed by atoms with Gasteiger partial charge in [-0.25, -0.2) is 4.98 Å². The molecule has 5 nitrogen and oxygen atoms in total. The van der Waals surface area contributed by atoms with E-state index in [1.807, 2.05) is 5.92 Å². The van der Waals surface area contributed by atoms with Crippen LogP contribution in [0.3, 0.4) is 0 Å². The van der Waals surface area contributed by atoms with Gasteiger partial charge in [-0.3, -0.25) is 10.1 Å². The second-order valence-electron chi connectivity index (χ2n) is 2.16. The number of hydrogen-bond donors (Lipinski definition) is 1. The van der Waals surface area contributed by atoms with Crippen LogP contribution in [0.5, 0.6) is 5.88 Å². The minimum atomic E-state index is -0.644. The van der Waals surface area contributed by atoms with Crippen LogP contribution in [0, 0.1) is 12.3 Å². The Morgan fingerprint density at radius 2 is 2.43 bits per heavy atom. The lowest BCUT2D eigenvalue weighted by atomic mass is 10.6. The number of terminal acetylenes is 1. The zero-order valence-corrected chi connectivity index (χ0v) is 8.00. The lowest BCUT2D eigenvalue weighted by Gasteiger charge is -2.02. The Hall–Kier alpha value is -1.80. The number of rotatable bonds is 2. The van der Waals surface area contributed by atoms with E-state index in [-0.39, 0.29) is 17.0 Å². The summed E-state index contributed by atoms with van der Waals surface area (Å²) in [5, 5.41) is 2.40. The van der Waals surface area contributed by atoms with E-state index in [1.165, 1.54) is 13.2 Å². The lowest BCUT2D eigenvalue weighted by molar-refractivity contribution is -0.111. The zero-order chi connectivity index (χ0) is 10.6. The summed E-state index contributed by atoms with van der Waals surface area (Å²) in [6.07, 6.45) is 4.85. The van der Waals surface area contributed by atoms with Gasteiger partial charge in [-0.1, -0.05) is 11.6 Å². The smallest absolute Gasteiger partial charge is 0.302 e. The van der Waals surface area contributed by atoms with Gasteiger partial charge in [-0.2, -0.15) is 4.98 Å². The molecule has 0 aromatic carbocycles. The fraction of sp³-hybridized carbons (Fsp3) is 0.125. The number of nitrogens with zero attached hydrogens (tertiary/aromatic N) is 2. The highest BCUT2D eigenvalue weighted by Gasteiger charge is 2.05. The normalized spacial score (nSPS) is 8.93. The van der Waals surface area contributed by atoms with Gasteiger partial charge in [0.05, 0.1) is 7.11 Å². The fourth-order valence-corrected chi connectivity index (χ4v) is 0.868. The van der Waals surface area contributed by atoms with Crippen LogP contribution >= 0.6 is 11.6 Å². The lowest BCUT2D eigenvalue weighted by Crippen LogP contribution is -2.11. The molecule has 0 aliphatic heterocycles. The minimum absolute atomic E-state index is 0.0114. The van der Waals surface area contributed by atoms with Crippen molar-refractivity contribution in [3.63, 3.8) is 0 Å². The average Bonchev–Trinajstić information content (AvgIpc) is 2.16. The van der Waals surface area contributed by atoms with E-state index < -0.39 is 5.91 Å². The van der Waals surface area contributed by atoms with Crippen molar-refractivity contribution in [2.75, 3.05) is 12.4 Å². The maximum atomic E-state index is 10.8. The molecule has 72 valence electrons. The second-order valence-corrected chi connectivity index (χ2v) is 2.54. The van der Waals surface area contributed by atoms with Crippen molar-refractivity contribution in [2.24, 2.45) is 0 Å². The van der Waals surface area contributed by atoms with Gasteiger partial charge in [0.25, 0.3) is 0 Å². The number of hydrogen-bond acceptors (Lipinski definition) is 4. The molecule has 0 aliphatic rings. The molecule has 1 aromatic rings. The van der Waals surface area contributed by atoms with E-state index >= 15 is 0 Å².